The zero-order valence-electron chi connectivity index (χ0n) is 19.7. The molecule has 12 heteroatoms. The van der Waals surface area contributed by atoms with Crippen molar-refractivity contribution in [2.45, 2.75) is 38.7 Å². The summed E-state index contributed by atoms with van der Waals surface area (Å²) in [5.41, 5.74) is 4.99. The normalized spacial score (nSPS) is 19.1. The van der Waals surface area contributed by atoms with Gasteiger partial charge in [-0.15, -0.1) is 0 Å². The Kier molecular flexibility index (Phi) is 7.46. The average Bonchev–Trinajstić information content (AvgIpc) is 3.22. The van der Waals surface area contributed by atoms with Crippen LogP contribution in [0.15, 0.2) is 36.8 Å². The van der Waals surface area contributed by atoms with Crippen molar-refractivity contribution < 1.29 is 27.5 Å². The van der Waals surface area contributed by atoms with Crippen molar-refractivity contribution in [3.8, 4) is 0 Å². The van der Waals surface area contributed by atoms with Gasteiger partial charge >= 0.3 is 6.18 Å². The maximum Gasteiger partial charge on any atom is 0.416 e. The number of β-amino-alcohol motifs (C(OH)–C–C–N with tert-alkyl or cyclic N) is 1. The van der Waals surface area contributed by atoms with E-state index in [1.165, 1.54) is 6.33 Å². The summed E-state index contributed by atoms with van der Waals surface area (Å²) in [6, 6.07) is 4.37. The molecule has 0 bridgehead atoms. The van der Waals surface area contributed by atoms with Crippen LogP contribution >= 0.6 is 0 Å². The molecular formula is C24H28F4N6O2. The van der Waals surface area contributed by atoms with E-state index in [2.05, 4.69) is 9.97 Å². The van der Waals surface area contributed by atoms with Gasteiger partial charge in [-0.1, -0.05) is 6.07 Å². The molecule has 0 radical (unpaired) electrons. The maximum atomic E-state index is 14.5. The van der Waals surface area contributed by atoms with Gasteiger partial charge in [0.05, 0.1) is 23.6 Å². The van der Waals surface area contributed by atoms with Crippen LogP contribution in [-0.2, 0) is 24.1 Å². The maximum absolute atomic E-state index is 14.5. The number of piperidine rings is 1. The molecule has 0 aliphatic carbocycles. The van der Waals surface area contributed by atoms with Gasteiger partial charge in [0.15, 0.2) is 0 Å². The van der Waals surface area contributed by atoms with Crippen molar-refractivity contribution in [3.63, 3.8) is 0 Å². The fourth-order valence-corrected chi connectivity index (χ4v) is 4.66. The number of likely N-dealkylation sites (tertiary alicyclic amines) is 1. The first-order valence-electron chi connectivity index (χ1n) is 11.7. The number of halogens is 4. The number of nitrogens with zero attached hydrogens (tertiary/aromatic N) is 5. The number of hydrogen-bond donors (Lipinski definition) is 2. The highest BCUT2D eigenvalue weighted by atomic mass is 19.4. The van der Waals surface area contributed by atoms with Crippen LogP contribution < -0.4 is 10.6 Å². The smallest absolute Gasteiger partial charge is 0.391 e. The third-order valence-corrected chi connectivity index (χ3v) is 6.57. The number of carbonyl (C=O) groups is 1. The minimum absolute atomic E-state index is 0.0365. The standard InChI is InChI=1S/C24H28F4N6O2/c1-2-33(10-15-3-4-17(9-19(15)25)24(26,27)28)22-18-6-8-34(23(18)31-14-30-22)11-16-5-7-32(12-20(16)35)13-21(29)36/h3-4,6,8-9,14,16,20,35H,2,5,7,10-13H2,1H3,(H2,29,36)/t16-,20+/m1/s1. The average molecular weight is 509 g/mol. The third kappa shape index (κ3) is 5.59. The van der Waals surface area contributed by atoms with Crippen LogP contribution in [-0.4, -0.2) is 62.7 Å². The summed E-state index contributed by atoms with van der Waals surface area (Å²) in [6.07, 6.45) is -1.33. The van der Waals surface area contributed by atoms with E-state index < -0.39 is 29.6 Å². The number of aromatic nitrogens is 3. The fourth-order valence-electron chi connectivity index (χ4n) is 4.66. The molecule has 194 valence electrons. The molecule has 1 amide bonds. The van der Waals surface area contributed by atoms with Crippen molar-refractivity contribution in [1.29, 1.82) is 0 Å². The molecule has 1 fully saturated rings. The van der Waals surface area contributed by atoms with Gasteiger partial charge in [-0.05, 0) is 38.1 Å². The Labute approximate surface area is 205 Å². The lowest BCUT2D eigenvalue weighted by atomic mass is 9.93. The second-order valence-corrected chi connectivity index (χ2v) is 9.04. The summed E-state index contributed by atoms with van der Waals surface area (Å²) in [4.78, 5) is 23.5. The van der Waals surface area contributed by atoms with E-state index in [0.717, 1.165) is 12.1 Å². The number of anilines is 1. The quantitative estimate of drug-likeness (QED) is 0.454. The number of alkyl halides is 3. The molecule has 2 atom stereocenters. The summed E-state index contributed by atoms with van der Waals surface area (Å²) in [7, 11) is 0. The Morgan fingerprint density at radius 1 is 1.28 bits per heavy atom. The summed E-state index contributed by atoms with van der Waals surface area (Å²) >= 11 is 0. The largest absolute Gasteiger partial charge is 0.416 e. The van der Waals surface area contributed by atoms with E-state index in [1.807, 2.05) is 28.7 Å². The Bertz CT molecular complexity index is 1230. The first kappa shape index (κ1) is 25.8. The van der Waals surface area contributed by atoms with Crippen LogP contribution in [0.4, 0.5) is 23.4 Å². The number of primary amides is 1. The van der Waals surface area contributed by atoms with Crippen LogP contribution in [0, 0.1) is 11.7 Å². The van der Waals surface area contributed by atoms with E-state index in [-0.39, 0.29) is 24.6 Å². The van der Waals surface area contributed by atoms with Crippen molar-refractivity contribution in [2.24, 2.45) is 11.7 Å². The number of rotatable bonds is 8. The van der Waals surface area contributed by atoms with E-state index in [9.17, 15) is 27.5 Å². The summed E-state index contributed by atoms with van der Waals surface area (Å²) in [6.45, 7) is 3.94. The van der Waals surface area contributed by atoms with Crippen molar-refractivity contribution in [1.82, 2.24) is 19.4 Å². The van der Waals surface area contributed by atoms with Crippen LogP contribution in [0.5, 0.6) is 0 Å². The predicted octanol–water partition coefficient (Wildman–Crippen LogP) is 2.78. The minimum atomic E-state index is -4.61. The number of hydrogen-bond acceptors (Lipinski definition) is 6. The lowest BCUT2D eigenvalue weighted by Gasteiger charge is -2.35. The van der Waals surface area contributed by atoms with E-state index in [0.29, 0.717) is 55.5 Å². The second kappa shape index (κ2) is 10.4. The molecule has 36 heavy (non-hydrogen) atoms. The SMILES string of the molecule is CCN(Cc1ccc(C(F)(F)F)cc1F)c1ncnc2c1ccn2C[C@H]1CCN(CC(N)=O)C[C@@H]1O. The number of nitrogens with two attached hydrogens (primary N) is 1. The molecule has 8 nitrogen and oxygen atoms in total. The first-order valence-corrected chi connectivity index (χ1v) is 11.7. The fraction of sp³-hybridized carbons (Fsp3) is 0.458. The van der Waals surface area contributed by atoms with Gasteiger partial charge in [0.25, 0.3) is 0 Å². The van der Waals surface area contributed by atoms with Gasteiger partial charge < -0.3 is 20.3 Å². The van der Waals surface area contributed by atoms with Crippen molar-refractivity contribution in [2.75, 3.05) is 31.1 Å². The zero-order chi connectivity index (χ0) is 26.0. The molecular weight excluding hydrogens is 480 g/mol. The molecule has 3 aromatic rings. The predicted molar refractivity (Wildman–Crippen MR) is 125 cm³/mol. The van der Waals surface area contributed by atoms with Crippen molar-refractivity contribution in [3.05, 3.63) is 53.7 Å². The van der Waals surface area contributed by atoms with Crippen LogP contribution in [0.25, 0.3) is 11.0 Å². The highest BCUT2D eigenvalue weighted by Gasteiger charge is 2.32. The number of aliphatic hydroxyl groups is 1. The highest BCUT2D eigenvalue weighted by molar-refractivity contribution is 5.87. The molecule has 3 heterocycles. The Hall–Kier alpha value is -3.25. The summed E-state index contributed by atoms with van der Waals surface area (Å²) < 4.78 is 55.1. The second-order valence-electron chi connectivity index (χ2n) is 9.04. The van der Waals surface area contributed by atoms with E-state index in [1.54, 1.807) is 4.90 Å². The van der Waals surface area contributed by atoms with E-state index >= 15 is 0 Å². The zero-order valence-corrected chi connectivity index (χ0v) is 19.7. The van der Waals surface area contributed by atoms with Crippen LogP contribution in [0.3, 0.4) is 0 Å². The van der Waals surface area contributed by atoms with Gasteiger partial charge in [-0.2, -0.15) is 13.2 Å². The minimum Gasteiger partial charge on any atom is -0.391 e. The number of aliphatic hydroxyl groups excluding tert-OH is 1. The van der Waals surface area contributed by atoms with E-state index in [4.69, 9.17) is 5.73 Å². The molecule has 1 saturated heterocycles. The molecule has 0 saturated carbocycles. The number of amides is 1. The number of fused-ring (bicyclic) bond motifs is 1. The Morgan fingerprint density at radius 2 is 2.06 bits per heavy atom. The highest BCUT2D eigenvalue weighted by Crippen LogP contribution is 2.32. The van der Waals surface area contributed by atoms with Gasteiger partial charge in [0, 0.05) is 43.9 Å². The van der Waals surface area contributed by atoms with Crippen molar-refractivity contribution >= 4 is 22.8 Å². The summed E-state index contributed by atoms with van der Waals surface area (Å²) in [5, 5.41) is 11.3. The Morgan fingerprint density at radius 3 is 2.69 bits per heavy atom. The van der Waals surface area contributed by atoms with Crippen LogP contribution in [0.2, 0.25) is 0 Å². The number of benzene rings is 1. The molecule has 2 aromatic heterocycles. The molecule has 1 aliphatic heterocycles. The van der Waals surface area contributed by atoms with Gasteiger partial charge in [-0.3, -0.25) is 9.69 Å². The third-order valence-electron chi connectivity index (χ3n) is 6.57. The molecule has 0 spiro atoms. The lowest BCUT2D eigenvalue weighted by Crippen LogP contribution is -2.47. The van der Waals surface area contributed by atoms with Gasteiger partial charge in [0.1, 0.15) is 23.6 Å². The molecule has 4 rings (SSSR count). The van der Waals surface area contributed by atoms with Crippen LogP contribution in [0.1, 0.15) is 24.5 Å². The molecule has 0 unspecified atom stereocenters. The topological polar surface area (TPSA) is 101 Å². The first-order chi connectivity index (χ1) is 17.1. The Balaban J connectivity index is 1.53. The monoisotopic (exact) mass is 508 g/mol. The van der Waals surface area contributed by atoms with Gasteiger partial charge in [-0.25, -0.2) is 14.4 Å². The molecule has 3 N–H and O–H groups in total. The lowest BCUT2D eigenvalue weighted by molar-refractivity contribution is -0.137. The number of carbonyl (C=O) groups excluding carboxylic acids is 1. The molecule has 1 aliphatic rings. The van der Waals surface area contributed by atoms with Gasteiger partial charge in [0.2, 0.25) is 5.91 Å². The summed E-state index contributed by atoms with van der Waals surface area (Å²) in [5.74, 6) is -0.871. The molecule has 1 aromatic carbocycles.